The van der Waals surface area contributed by atoms with Gasteiger partial charge in [-0.3, -0.25) is 14.5 Å². The van der Waals surface area contributed by atoms with E-state index in [1.165, 1.54) is 17.4 Å². The van der Waals surface area contributed by atoms with Crippen molar-refractivity contribution in [2.75, 3.05) is 19.6 Å². The summed E-state index contributed by atoms with van der Waals surface area (Å²) in [6.45, 7) is 6.71. The van der Waals surface area contributed by atoms with Crippen molar-refractivity contribution < 1.29 is 14.0 Å². The third-order valence-corrected chi connectivity index (χ3v) is 5.12. The van der Waals surface area contributed by atoms with Crippen LogP contribution < -0.4 is 10.6 Å². The molecule has 1 aliphatic rings. The Labute approximate surface area is 159 Å². The van der Waals surface area contributed by atoms with Gasteiger partial charge in [-0.2, -0.15) is 0 Å². The van der Waals surface area contributed by atoms with Gasteiger partial charge >= 0.3 is 0 Å². The van der Waals surface area contributed by atoms with E-state index in [1.54, 1.807) is 13.0 Å². The van der Waals surface area contributed by atoms with Crippen LogP contribution in [0.1, 0.15) is 40.1 Å². The van der Waals surface area contributed by atoms with Gasteiger partial charge in [0.15, 0.2) is 0 Å². The predicted octanol–water partition coefficient (Wildman–Crippen LogP) is 2.41. The van der Waals surface area contributed by atoms with Crippen LogP contribution in [0.15, 0.2) is 41.0 Å². The molecule has 0 aliphatic carbocycles. The number of nitrogens with one attached hydrogen (secondary N) is 2. The molecule has 0 radical (unpaired) electrons. The Balaban J connectivity index is 1.38. The number of likely N-dealkylation sites (tertiary alicyclic amines) is 1. The summed E-state index contributed by atoms with van der Waals surface area (Å²) < 4.78 is 5.11. The summed E-state index contributed by atoms with van der Waals surface area (Å²) in [6.07, 6.45) is 3.31. The van der Waals surface area contributed by atoms with E-state index >= 15 is 0 Å². The third kappa shape index (κ3) is 5.20. The summed E-state index contributed by atoms with van der Waals surface area (Å²) in [5.41, 5.74) is 3.14. The molecule has 0 spiro atoms. The van der Waals surface area contributed by atoms with Gasteiger partial charge in [0.1, 0.15) is 5.76 Å². The number of furan rings is 1. The molecule has 0 bridgehead atoms. The summed E-state index contributed by atoms with van der Waals surface area (Å²) in [5.74, 6) is 0.111. The Morgan fingerprint density at radius 2 is 1.89 bits per heavy atom. The van der Waals surface area contributed by atoms with Crippen molar-refractivity contribution in [1.82, 2.24) is 15.5 Å². The fraction of sp³-hybridized carbons (Fsp3) is 0.429. The highest BCUT2D eigenvalue weighted by Crippen LogP contribution is 2.16. The summed E-state index contributed by atoms with van der Waals surface area (Å²) in [6, 6.07) is 10.2. The maximum atomic E-state index is 12.1. The van der Waals surface area contributed by atoms with Crippen molar-refractivity contribution >= 4 is 11.8 Å². The van der Waals surface area contributed by atoms with Crippen LogP contribution in [-0.2, 0) is 11.3 Å². The standard InChI is InChI=1S/C21H27N3O3/c1-15-5-3-4-6-17(15)14-24-10-7-18(8-11-24)23-20(25)13-22-21(26)19-9-12-27-16(19)2/h3-6,9,12,18H,7-8,10-11,13-14H2,1-2H3,(H,22,26)(H,23,25). The second-order valence-electron chi connectivity index (χ2n) is 7.12. The molecule has 1 saturated heterocycles. The molecule has 3 rings (SSSR count). The Hall–Kier alpha value is -2.60. The molecule has 6 heteroatoms. The van der Waals surface area contributed by atoms with Crippen molar-refractivity contribution in [2.45, 2.75) is 39.3 Å². The lowest BCUT2D eigenvalue weighted by Gasteiger charge is -2.32. The van der Waals surface area contributed by atoms with Gasteiger partial charge in [0.2, 0.25) is 5.91 Å². The van der Waals surface area contributed by atoms with Crippen molar-refractivity contribution in [3.05, 3.63) is 59.0 Å². The number of piperidine rings is 1. The molecular formula is C21H27N3O3. The minimum absolute atomic E-state index is 0.0210. The number of hydrogen-bond donors (Lipinski definition) is 2. The van der Waals surface area contributed by atoms with E-state index < -0.39 is 0 Å². The quantitative estimate of drug-likeness (QED) is 0.820. The van der Waals surface area contributed by atoms with Crippen molar-refractivity contribution in [1.29, 1.82) is 0 Å². The molecule has 144 valence electrons. The first-order valence-corrected chi connectivity index (χ1v) is 9.41. The normalized spacial score (nSPS) is 15.5. The molecule has 0 atom stereocenters. The van der Waals surface area contributed by atoms with E-state index in [0.29, 0.717) is 11.3 Å². The first kappa shape index (κ1) is 19.2. The Kier molecular flexibility index (Phi) is 6.29. The number of nitrogens with zero attached hydrogens (tertiary/aromatic N) is 1. The molecule has 0 unspecified atom stereocenters. The maximum absolute atomic E-state index is 12.1. The molecule has 2 N–H and O–H groups in total. The van der Waals surface area contributed by atoms with E-state index in [0.717, 1.165) is 32.5 Å². The smallest absolute Gasteiger partial charge is 0.255 e. The molecule has 2 aromatic rings. The highest BCUT2D eigenvalue weighted by atomic mass is 16.3. The number of carbonyl (C=O) groups excluding carboxylic acids is 2. The minimum atomic E-state index is -0.288. The number of rotatable bonds is 6. The van der Waals surface area contributed by atoms with Crippen LogP contribution in [0.3, 0.4) is 0 Å². The molecule has 0 saturated carbocycles. The minimum Gasteiger partial charge on any atom is -0.469 e. The topological polar surface area (TPSA) is 74.6 Å². The van der Waals surface area contributed by atoms with Crippen LogP contribution in [0.4, 0.5) is 0 Å². The van der Waals surface area contributed by atoms with E-state index in [1.807, 2.05) is 0 Å². The molecule has 1 aromatic heterocycles. The van der Waals surface area contributed by atoms with Crippen molar-refractivity contribution in [3.8, 4) is 0 Å². The zero-order valence-corrected chi connectivity index (χ0v) is 16.0. The lowest BCUT2D eigenvalue weighted by molar-refractivity contribution is -0.121. The molecule has 1 fully saturated rings. The Bertz CT molecular complexity index is 791. The molecule has 1 aliphatic heterocycles. The van der Waals surface area contributed by atoms with E-state index in [9.17, 15) is 9.59 Å². The lowest BCUT2D eigenvalue weighted by Crippen LogP contribution is -2.47. The Morgan fingerprint density at radius 1 is 1.15 bits per heavy atom. The van der Waals surface area contributed by atoms with Gasteiger partial charge in [0, 0.05) is 25.7 Å². The monoisotopic (exact) mass is 369 g/mol. The summed E-state index contributed by atoms with van der Waals surface area (Å²) in [7, 11) is 0. The number of benzene rings is 1. The number of hydrogen-bond acceptors (Lipinski definition) is 4. The van der Waals surface area contributed by atoms with Crippen LogP contribution in [0.2, 0.25) is 0 Å². The fourth-order valence-electron chi connectivity index (χ4n) is 3.42. The first-order valence-electron chi connectivity index (χ1n) is 9.41. The average Bonchev–Trinajstić information content (AvgIpc) is 3.09. The van der Waals surface area contributed by atoms with Gasteiger partial charge in [0.05, 0.1) is 18.4 Å². The molecule has 27 heavy (non-hydrogen) atoms. The van der Waals surface area contributed by atoms with Crippen LogP contribution in [-0.4, -0.2) is 42.4 Å². The maximum Gasteiger partial charge on any atom is 0.255 e. The third-order valence-electron chi connectivity index (χ3n) is 5.12. The molecule has 1 aromatic carbocycles. The van der Waals surface area contributed by atoms with Crippen LogP contribution in [0, 0.1) is 13.8 Å². The SMILES string of the molecule is Cc1ccccc1CN1CCC(NC(=O)CNC(=O)c2ccoc2C)CC1. The van der Waals surface area contributed by atoms with Gasteiger partial charge in [-0.1, -0.05) is 24.3 Å². The van der Waals surface area contributed by atoms with Crippen molar-refractivity contribution in [2.24, 2.45) is 0 Å². The summed E-state index contributed by atoms with van der Waals surface area (Å²) >= 11 is 0. The van der Waals surface area contributed by atoms with E-state index in [4.69, 9.17) is 4.42 Å². The Morgan fingerprint density at radius 3 is 2.56 bits per heavy atom. The predicted molar refractivity (Wildman–Crippen MR) is 103 cm³/mol. The number of aryl methyl sites for hydroxylation is 2. The zero-order chi connectivity index (χ0) is 19.2. The molecule has 2 heterocycles. The second kappa shape index (κ2) is 8.86. The average molecular weight is 369 g/mol. The summed E-state index contributed by atoms with van der Waals surface area (Å²) in [5, 5.41) is 5.67. The van der Waals surface area contributed by atoms with Crippen LogP contribution in [0.5, 0.6) is 0 Å². The van der Waals surface area contributed by atoms with E-state index in [2.05, 4.69) is 46.7 Å². The molecular weight excluding hydrogens is 342 g/mol. The van der Waals surface area contributed by atoms with Crippen molar-refractivity contribution in [3.63, 3.8) is 0 Å². The number of amides is 2. The highest BCUT2D eigenvalue weighted by molar-refractivity contribution is 5.97. The second-order valence-corrected chi connectivity index (χ2v) is 7.12. The van der Waals surface area contributed by atoms with Crippen LogP contribution in [0.25, 0.3) is 0 Å². The highest BCUT2D eigenvalue weighted by Gasteiger charge is 2.21. The van der Waals surface area contributed by atoms with Gasteiger partial charge in [-0.15, -0.1) is 0 Å². The molecule has 6 nitrogen and oxygen atoms in total. The van der Waals surface area contributed by atoms with Gasteiger partial charge in [0.25, 0.3) is 5.91 Å². The largest absolute Gasteiger partial charge is 0.469 e. The van der Waals surface area contributed by atoms with Gasteiger partial charge in [-0.05, 0) is 43.9 Å². The zero-order valence-electron chi connectivity index (χ0n) is 16.0. The lowest BCUT2D eigenvalue weighted by atomic mass is 10.0. The van der Waals surface area contributed by atoms with Crippen LogP contribution >= 0.6 is 0 Å². The van der Waals surface area contributed by atoms with Gasteiger partial charge < -0.3 is 15.1 Å². The first-order chi connectivity index (χ1) is 13.0. The van der Waals surface area contributed by atoms with E-state index in [-0.39, 0.29) is 24.4 Å². The molecule has 2 amide bonds. The van der Waals surface area contributed by atoms with Gasteiger partial charge in [-0.25, -0.2) is 0 Å². The summed E-state index contributed by atoms with van der Waals surface area (Å²) in [4.78, 5) is 26.6. The number of carbonyl (C=O) groups is 2. The fourth-order valence-corrected chi connectivity index (χ4v) is 3.42.